The third kappa shape index (κ3) is 0.876. The monoisotopic (exact) mass is 201 g/mol. The Balaban J connectivity index is 2.23. The van der Waals surface area contributed by atoms with E-state index in [1.165, 1.54) is 11.8 Å². The molecule has 3 rings (SSSR count). The molecule has 3 aliphatic rings. The predicted molar refractivity (Wildman–Crippen MR) is 58.3 cm³/mol. The van der Waals surface area contributed by atoms with Crippen LogP contribution in [0.15, 0.2) is 52.6 Å². The van der Waals surface area contributed by atoms with E-state index in [-0.39, 0.29) is 5.12 Å². The molecule has 0 amide bonds. The lowest BCUT2D eigenvalue weighted by molar-refractivity contribution is -0.107. The van der Waals surface area contributed by atoms with Crippen LogP contribution in [0.2, 0.25) is 0 Å². The summed E-state index contributed by atoms with van der Waals surface area (Å²) in [6, 6.07) is 0. The maximum atomic E-state index is 11.4. The summed E-state index contributed by atoms with van der Waals surface area (Å²) < 4.78 is 0. The average Bonchev–Trinajstić information content (AvgIpc) is 2.57. The molecular weight excluding hydrogens is 194 g/mol. The molecule has 2 heterocycles. The van der Waals surface area contributed by atoms with Crippen LogP contribution in [0.1, 0.15) is 0 Å². The zero-order chi connectivity index (χ0) is 9.60. The summed E-state index contributed by atoms with van der Waals surface area (Å²) in [6.07, 6.45) is 13.2. The fourth-order valence-corrected chi connectivity index (χ4v) is 2.89. The number of aliphatic imine (C=N–C) groups is 1. The second kappa shape index (κ2) is 2.58. The second-order valence-corrected chi connectivity index (χ2v) is 4.48. The maximum Gasteiger partial charge on any atom is 0.215 e. The minimum absolute atomic E-state index is 0.0717. The van der Waals surface area contributed by atoms with E-state index in [2.05, 4.69) is 4.99 Å². The number of hydrogen-bond donors (Lipinski definition) is 0. The predicted octanol–water partition coefficient (Wildman–Crippen LogP) is 2.02. The van der Waals surface area contributed by atoms with Crippen LogP contribution >= 0.6 is 11.8 Å². The van der Waals surface area contributed by atoms with Crippen molar-refractivity contribution in [3.8, 4) is 0 Å². The molecule has 2 nitrogen and oxygen atoms in total. The Kier molecular flexibility index (Phi) is 1.47. The first-order chi connectivity index (χ1) is 6.81. The molecular formula is C11H7NOS. The first kappa shape index (κ1) is 8.00. The van der Waals surface area contributed by atoms with Crippen molar-refractivity contribution < 1.29 is 4.79 Å². The van der Waals surface area contributed by atoms with Crippen LogP contribution < -0.4 is 0 Å². The van der Waals surface area contributed by atoms with Crippen molar-refractivity contribution in [2.24, 2.45) is 4.99 Å². The van der Waals surface area contributed by atoms with E-state index >= 15 is 0 Å². The van der Waals surface area contributed by atoms with Gasteiger partial charge in [-0.25, -0.2) is 0 Å². The highest BCUT2D eigenvalue weighted by Gasteiger charge is 2.43. The van der Waals surface area contributed by atoms with E-state index in [1.54, 1.807) is 12.3 Å². The summed E-state index contributed by atoms with van der Waals surface area (Å²) in [5.74, 6) is 0. The van der Waals surface area contributed by atoms with Gasteiger partial charge in [0, 0.05) is 6.21 Å². The molecule has 0 N–H and O–H groups in total. The van der Waals surface area contributed by atoms with Crippen LogP contribution in [0.3, 0.4) is 0 Å². The van der Waals surface area contributed by atoms with Crippen LogP contribution in [0.4, 0.5) is 0 Å². The molecule has 0 aromatic heterocycles. The molecule has 0 bridgehead atoms. The Morgan fingerprint density at radius 3 is 2.93 bits per heavy atom. The molecule has 0 fully saturated rings. The second-order valence-electron chi connectivity index (χ2n) is 3.28. The van der Waals surface area contributed by atoms with Gasteiger partial charge in [-0.3, -0.25) is 9.79 Å². The highest BCUT2D eigenvalue weighted by atomic mass is 32.2. The first-order valence-corrected chi connectivity index (χ1v) is 5.19. The van der Waals surface area contributed by atoms with Gasteiger partial charge in [0.2, 0.25) is 5.12 Å². The lowest BCUT2D eigenvalue weighted by atomic mass is 9.94. The van der Waals surface area contributed by atoms with Crippen molar-refractivity contribution in [2.75, 3.05) is 0 Å². The molecule has 14 heavy (non-hydrogen) atoms. The van der Waals surface area contributed by atoms with Crippen LogP contribution in [0, 0.1) is 0 Å². The molecule has 0 aromatic carbocycles. The van der Waals surface area contributed by atoms with Gasteiger partial charge in [0.05, 0.1) is 0 Å². The number of nitrogens with zero attached hydrogens (tertiary/aromatic N) is 1. The van der Waals surface area contributed by atoms with E-state index in [0.29, 0.717) is 0 Å². The normalized spacial score (nSPS) is 32.4. The van der Waals surface area contributed by atoms with Gasteiger partial charge in [-0.1, -0.05) is 24.3 Å². The molecule has 1 unspecified atom stereocenters. The molecule has 0 saturated carbocycles. The van der Waals surface area contributed by atoms with E-state index in [9.17, 15) is 4.79 Å². The van der Waals surface area contributed by atoms with Gasteiger partial charge >= 0.3 is 0 Å². The topological polar surface area (TPSA) is 29.4 Å². The van der Waals surface area contributed by atoms with Gasteiger partial charge in [0.1, 0.15) is 0 Å². The lowest BCUT2D eigenvalue weighted by Crippen LogP contribution is -2.29. The standard InChI is InChI=1S/C11H7NOS/c13-10-5-4-8-2-1-3-9-6-7-12-11(8,9)14-10/h1-7H. The van der Waals surface area contributed by atoms with Crippen molar-refractivity contribution in [3.63, 3.8) is 0 Å². The van der Waals surface area contributed by atoms with Gasteiger partial charge in [-0.2, -0.15) is 0 Å². The van der Waals surface area contributed by atoms with Crippen molar-refractivity contribution in [1.82, 2.24) is 0 Å². The molecule has 68 valence electrons. The Labute approximate surface area is 85.8 Å². The number of carbonyl (C=O) groups is 1. The van der Waals surface area contributed by atoms with Gasteiger partial charge in [-0.05, 0) is 35.1 Å². The molecule has 3 heteroatoms. The quantitative estimate of drug-likeness (QED) is 0.600. The van der Waals surface area contributed by atoms with Crippen LogP contribution in [0.25, 0.3) is 0 Å². The SMILES string of the molecule is O=C1C=CC2=CC=CC3=CC=NC23S1. The summed E-state index contributed by atoms with van der Waals surface area (Å²) in [5.41, 5.74) is 2.18. The summed E-state index contributed by atoms with van der Waals surface area (Å²) in [7, 11) is 0. The van der Waals surface area contributed by atoms with Crippen molar-refractivity contribution >= 4 is 23.1 Å². The van der Waals surface area contributed by atoms with Crippen LogP contribution in [-0.4, -0.2) is 16.2 Å². The lowest BCUT2D eigenvalue weighted by Gasteiger charge is -2.32. The zero-order valence-electron chi connectivity index (χ0n) is 7.31. The molecule has 1 atom stereocenters. The minimum atomic E-state index is -0.458. The first-order valence-electron chi connectivity index (χ1n) is 4.37. The van der Waals surface area contributed by atoms with Gasteiger partial charge in [-0.15, -0.1) is 0 Å². The van der Waals surface area contributed by atoms with Crippen LogP contribution in [-0.2, 0) is 4.79 Å². The summed E-state index contributed by atoms with van der Waals surface area (Å²) in [5, 5.41) is 0.0717. The molecule has 1 spiro atoms. The van der Waals surface area contributed by atoms with Gasteiger partial charge in [0.15, 0.2) is 4.87 Å². The minimum Gasteiger partial charge on any atom is -0.282 e. The summed E-state index contributed by atoms with van der Waals surface area (Å²) >= 11 is 1.28. The number of allylic oxidation sites excluding steroid dienone is 3. The fourth-order valence-electron chi connectivity index (χ4n) is 1.84. The average molecular weight is 201 g/mol. The fraction of sp³-hybridized carbons (Fsp3) is 0.0909. The molecule has 2 aliphatic heterocycles. The number of thioether (sulfide) groups is 1. The summed E-state index contributed by atoms with van der Waals surface area (Å²) in [4.78, 5) is 15.3. The van der Waals surface area contributed by atoms with Gasteiger partial charge < -0.3 is 0 Å². The van der Waals surface area contributed by atoms with Crippen LogP contribution in [0.5, 0.6) is 0 Å². The number of rotatable bonds is 0. The molecule has 0 aromatic rings. The highest BCUT2D eigenvalue weighted by Crippen LogP contribution is 2.48. The van der Waals surface area contributed by atoms with E-state index in [4.69, 9.17) is 0 Å². The number of hydrogen-bond acceptors (Lipinski definition) is 3. The maximum absolute atomic E-state index is 11.4. The molecule has 0 radical (unpaired) electrons. The van der Waals surface area contributed by atoms with Crippen molar-refractivity contribution in [2.45, 2.75) is 4.87 Å². The molecule has 0 saturated heterocycles. The Morgan fingerprint density at radius 1 is 1.14 bits per heavy atom. The Hall–Kier alpha value is -1.35. The Morgan fingerprint density at radius 2 is 2.00 bits per heavy atom. The van der Waals surface area contributed by atoms with Crippen molar-refractivity contribution in [3.05, 3.63) is 47.6 Å². The Bertz CT molecular complexity index is 468. The largest absolute Gasteiger partial charge is 0.282 e. The van der Waals surface area contributed by atoms with Gasteiger partial charge in [0.25, 0.3) is 0 Å². The van der Waals surface area contributed by atoms with E-state index in [1.807, 2.05) is 30.4 Å². The zero-order valence-corrected chi connectivity index (χ0v) is 8.12. The smallest absolute Gasteiger partial charge is 0.215 e. The summed E-state index contributed by atoms with van der Waals surface area (Å²) in [6.45, 7) is 0. The molecule has 1 aliphatic carbocycles. The van der Waals surface area contributed by atoms with E-state index in [0.717, 1.165) is 11.1 Å². The van der Waals surface area contributed by atoms with Crippen molar-refractivity contribution in [1.29, 1.82) is 0 Å². The third-order valence-corrected chi connectivity index (χ3v) is 3.70. The number of carbonyl (C=O) groups excluding carboxylic acids is 1. The highest BCUT2D eigenvalue weighted by molar-refractivity contribution is 8.15. The van der Waals surface area contributed by atoms with E-state index < -0.39 is 4.87 Å². The third-order valence-electron chi connectivity index (χ3n) is 2.49.